The van der Waals surface area contributed by atoms with E-state index < -0.39 is 0 Å². The molecule has 0 aliphatic heterocycles. The number of hydrogen-bond donors (Lipinski definition) is 1. The summed E-state index contributed by atoms with van der Waals surface area (Å²) in [7, 11) is 0. The second-order valence-electron chi connectivity index (χ2n) is 3.31. The molecule has 1 heterocycles. The van der Waals surface area contributed by atoms with Crippen LogP contribution in [0.2, 0.25) is 0 Å². The third kappa shape index (κ3) is 2.37. The normalized spacial score (nSPS) is 10.2. The molecule has 0 spiro atoms. The van der Waals surface area contributed by atoms with Crippen molar-refractivity contribution in [2.45, 2.75) is 13.3 Å². The second-order valence-corrected chi connectivity index (χ2v) is 3.31. The largest absolute Gasteiger partial charge is 0.465 e. The van der Waals surface area contributed by atoms with E-state index in [4.69, 9.17) is 4.74 Å². The summed E-state index contributed by atoms with van der Waals surface area (Å²) in [5, 5.41) is 0. The molecule has 0 unspecified atom stereocenters. The van der Waals surface area contributed by atoms with E-state index in [9.17, 15) is 0 Å². The molecule has 0 atom stereocenters. The van der Waals surface area contributed by atoms with Crippen LogP contribution in [-0.4, -0.2) is 16.6 Å². The molecule has 0 saturated carbocycles. The third-order valence-electron chi connectivity index (χ3n) is 2.07. The molecule has 1 N–H and O–H groups in total. The van der Waals surface area contributed by atoms with Crippen LogP contribution >= 0.6 is 0 Å². The van der Waals surface area contributed by atoms with Gasteiger partial charge in [0.05, 0.1) is 12.3 Å². The lowest BCUT2D eigenvalue weighted by Crippen LogP contribution is -1.96. The highest BCUT2D eigenvalue weighted by atomic mass is 16.5. The molecular weight excluding hydrogens is 188 g/mol. The molecule has 0 aliphatic carbocycles. The number of imidazole rings is 1. The monoisotopic (exact) mass is 202 g/mol. The number of aromatic amines is 1. The number of benzene rings is 1. The van der Waals surface area contributed by atoms with Crippen LogP contribution in [0.4, 0.5) is 0 Å². The molecular formula is C12H14N2O. The molecule has 15 heavy (non-hydrogen) atoms. The minimum absolute atomic E-state index is 0.593. The van der Waals surface area contributed by atoms with E-state index in [-0.39, 0.29) is 0 Å². The standard InChI is InChI=1S/C12H14N2O/c1-2-8-15-12-13-9-11(14-12)10-6-4-3-5-7-10/h3-7,9H,2,8H2,1H3,(H,13,14). The molecule has 1 aromatic heterocycles. The highest BCUT2D eigenvalue weighted by Gasteiger charge is 2.02. The summed E-state index contributed by atoms with van der Waals surface area (Å²) in [5.41, 5.74) is 2.02. The van der Waals surface area contributed by atoms with Crippen molar-refractivity contribution >= 4 is 0 Å². The fourth-order valence-corrected chi connectivity index (χ4v) is 1.33. The van der Waals surface area contributed by atoms with Gasteiger partial charge in [0, 0.05) is 11.8 Å². The van der Waals surface area contributed by atoms with Gasteiger partial charge in [-0.25, -0.2) is 0 Å². The maximum atomic E-state index is 5.39. The third-order valence-corrected chi connectivity index (χ3v) is 2.07. The van der Waals surface area contributed by atoms with Crippen molar-refractivity contribution in [3.8, 4) is 17.3 Å². The zero-order valence-electron chi connectivity index (χ0n) is 8.73. The van der Waals surface area contributed by atoms with Crippen LogP contribution < -0.4 is 4.74 Å². The number of ether oxygens (including phenoxy) is 1. The van der Waals surface area contributed by atoms with Crippen molar-refractivity contribution in [1.82, 2.24) is 9.97 Å². The fraction of sp³-hybridized carbons (Fsp3) is 0.250. The Kier molecular flexibility index (Phi) is 3.02. The van der Waals surface area contributed by atoms with Gasteiger partial charge in [0.1, 0.15) is 0 Å². The highest BCUT2D eigenvalue weighted by molar-refractivity contribution is 5.58. The first kappa shape index (κ1) is 9.77. The van der Waals surface area contributed by atoms with Gasteiger partial charge in [-0.3, -0.25) is 0 Å². The van der Waals surface area contributed by atoms with Crippen LogP contribution in [0.15, 0.2) is 36.5 Å². The maximum absolute atomic E-state index is 5.39. The van der Waals surface area contributed by atoms with E-state index >= 15 is 0 Å². The Balaban J connectivity index is 2.14. The molecule has 78 valence electrons. The molecule has 0 aliphatic rings. The number of rotatable bonds is 4. The Morgan fingerprint density at radius 1 is 1.27 bits per heavy atom. The van der Waals surface area contributed by atoms with Crippen molar-refractivity contribution in [3.05, 3.63) is 36.5 Å². The predicted octanol–water partition coefficient (Wildman–Crippen LogP) is 2.87. The Hall–Kier alpha value is -1.77. The minimum atomic E-state index is 0.593. The van der Waals surface area contributed by atoms with Gasteiger partial charge in [0.25, 0.3) is 6.01 Å². The Labute approximate surface area is 89.1 Å². The van der Waals surface area contributed by atoms with Crippen LogP contribution in [0.3, 0.4) is 0 Å². The van der Waals surface area contributed by atoms with E-state index in [1.165, 1.54) is 0 Å². The topological polar surface area (TPSA) is 37.9 Å². The predicted molar refractivity (Wildman–Crippen MR) is 59.8 cm³/mol. The highest BCUT2D eigenvalue weighted by Crippen LogP contribution is 2.18. The SMILES string of the molecule is CCCOc1nc(-c2ccccc2)c[nH]1. The quantitative estimate of drug-likeness (QED) is 0.827. The van der Waals surface area contributed by atoms with Crippen molar-refractivity contribution in [2.24, 2.45) is 0 Å². The smallest absolute Gasteiger partial charge is 0.294 e. The van der Waals surface area contributed by atoms with Gasteiger partial charge in [-0.1, -0.05) is 37.3 Å². The van der Waals surface area contributed by atoms with E-state index in [1.807, 2.05) is 36.5 Å². The number of nitrogens with zero attached hydrogens (tertiary/aromatic N) is 1. The van der Waals surface area contributed by atoms with Crippen molar-refractivity contribution in [2.75, 3.05) is 6.61 Å². The second kappa shape index (κ2) is 4.64. The summed E-state index contributed by atoms with van der Waals surface area (Å²) < 4.78 is 5.39. The van der Waals surface area contributed by atoms with Crippen LogP contribution in [0, 0.1) is 0 Å². The first-order valence-corrected chi connectivity index (χ1v) is 5.14. The zero-order chi connectivity index (χ0) is 10.5. The van der Waals surface area contributed by atoms with Gasteiger partial charge < -0.3 is 9.72 Å². The summed E-state index contributed by atoms with van der Waals surface area (Å²) in [6.45, 7) is 2.77. The van der Waals surface area contributed by atoms with Crippen LogP contribution in [0.1, 0.15) is 13.3 Å². The van der Waals surface area contributed by atoms with E-state index in [2.05, 4.69) is 16.9 Å². The first-order valence-electron chi connectivity index (χ1n) is 5.14. The molecule has 3 heteroatoms. The molecule has 3 nitrogen and oxygen atoms in total. The Morgan fingerprint density at radius 3 is 2.80 bits per heavy atom. The van der Waals surface area contributed by atoms with Gasteiger partial charge >= 0.3 is 0 Å². The minimum Gasteiger partial charge on any atom is -0.465 e. The summed E-state index contributed by atoms with van der Waals surface area (Å²) in [5.74, 6) is 0. The molecule has 2 aromatic rings. The molecule has 2 rings (SSSR count). The summed E-state index contributed by atoms with van der Waals surface area (Å²) in [6.07, 6.45) is 2.85. The van der Waals surface area contributed by atoms with Crippen molar-refractivity contribution in [1.29, 1.82) is 0 Å². The lowest BCUT2D eigenvalue weighted by Gasteiger charge is -1.97. The van der Waals surface area contributed by atoms with Crippen LogP contribution in [0.5, 0.6) is 6.01 Å². The van der Waals surface area contributed by atoms with Gasteiger partial charge in [-0.2, -0.15) is 4.98 Å². The fourth-order valence-electron chi connectivity index (χ4n) is 1.33. The zero-order valence-corrected chi connectivity index (χ0v) is 8.73. The van der Waals surface area contributed by atoms with Gasteiger partial charge in [0.2, 0.25) is 0 Å². The number of aromatic nitrogens is 2. The molecule has 1 aromatic carbocycles. The number of hydrogen-bond acceptors (Lipinski definition) is 2. The summed E-state index contributed by atoms with van der Waals surface area (Å²) in [6, 6.07) is 10.6. The lowest BCUT2D eigenvalue weighted by atomic mass is 10.2. The van der Waals surface area contributed by atoms with Gasteiger partial charge in [-0.15, -0.1) is 0 Å². The molecule has 0 radical (unpaired) electrons. The van der Waals surface area contributed by atoms with Gasteiger partial charge in [0.15, 0.2) is 0 Å². The Morgan fingerprint density at radius 2 is 2.07 bits per heavy atom. The molecule has 0 bridgehead atoms. The van der Waals surface area contributed by atoms with Crippen LogP contribution in [-0.2, 0) is 0 Å². The average Bonchev–Trinajstić information content (AvgIpc) is 2.76. The number of nitrogens with one attached hydrogen (secondary N) is 1. The summed E-state index contributed by atoms with van der Waals surface area (Å²) in [4.78, 5) is 7.35. The number of H-pyrrole nitrogens is 1. The van der Waals surface area contributed by atoms with E-state index in [0.717, 1.165) is 17.7 Å². The van der Waals surface area contributed by atoms with Crippen LogP contribution in [0.25, 0.3) is 11.3 Å². The van der Waals surface area contributed by atoms with Gasteiger partial charge in [-0.05, 0) is 6.42 Å². The molecule has 0 amide bonds. The maximum Gasteiger partial charge on any atom is 0.294 e. The van der Waals surface area contributed by atoms with E-state index in [0.29, 0.717) is 12.6 Å². The first-order chi connectivity index (χ1) is 7.40. The van der Waals surface area contributed by atoms with Crippen molar-refractivity contribution in [3.63, 3.8) is 0 Å². The average molecular weight is 202 g/mol. The Bertz CT molecular complexity index is 409. The summed E-state index contributed by atoms with van der Waals surface area (Å²) >= 11 is 0. The van der Waals surface area contributed by atoms with Crippen molar-refractivity contribution < 1.29 is 4.74 Å². The lowest BCUT2D eigenvalue weighted by molar-refractivity contribution is 0.295. The van der Waals surface area contributed by atoms with E-state index in [1.54, 1.807) is 0 Å². The molecule has 0 fully saturated rings. The molecule has 0 saturated heterocycles.